The second kappa shape index (κ2) is 11.1. The summed E-state index contributed by atoms with van der Waals surface area (Å²) >= 11 is 11.7. The Morgan fingerprint density at radius 3 is 2.08 bits per heavy atom. The molecule has 0 N–H and O–H groups in total. The van der Waals surface area contributed by atoms with Crippen molar-refractivity contribution in [1.29, 1.82) is 0 Å². The zero-order valence-corrected chi connectivity index (χ0v) is 16.9. The maximum Gasteiger partial charge on any atom is 0.276 e. The van der Waals surface area contributed by atoms with Crippen molar-refractivity contribution in [2.45, 2.75) is 13.5 Å². The van der Waals surface area contributed by atoms with E-state index in [9.17, 15) is 4.79 Å². The number of benzene rings is 1. The van der Waals surface area contributed by atoms with Gasteiger partial charge in [0, 0.05) is 44.1 Å². The van der Waals surface area contributed by atoms with E-state index in [1.165, 1.54) is 0 Å². The molecule has 0 bridgehead atoms. The number of alkyl halides is 2. The van der Waals surface area contributed by atoms with Crippen molar-refractivity contribution < 1.29 is 0 Å². The highest BCUT2D eigenvalue weighted by Gasteiger charge is 2.18. The van der Waals surface area contributed by atoms with Crippen molar-refractivity contribution in [3.05, 3.63) is 51.9 Å². The molecule has 0 unspecified atom stereocenters. The van der Waals surface area contributed by atoms with Crippen LogP contribution in [0.1, 0.15) is 11.3 Å². The number of aromatic nitrogens is 2. The van der Waals surface area contributed by atoms with Gasteiger partial charge in [0.1, 0.15) is 0 Å². The minimum Gasteiger partial charge on any atom is -0.296 e. The van der Waals surface area contributed by atoms with Crippen molar-refractivity contribution in [2.24, 2.45) is 7.05 Å². The van der Waals surface area contributed by atoms with E-state index < -0.39 is 0 Å². The fraction of sp³-hybridized carbons (Fsp3) is 0.438. The van der Waals surface area contributed by atoms with Crippen molar-refractivity contribution in [3.8, 4) is 5.69 Å². The van der Waals surface area contributed by atoms with E-state index in [1.54, 1.807) is 4.68 Å². The van der Waals surface area contributed by atoms with Crippen LogP contribution in [0.25, 0.3) is 5.69 Å². The molecule has 0 saturated carbocycles. The molecule has 0 amide bonds. The first kappa shape index (κ1) is 23.4. The highest BCUT2D eigenvalue weighted by Crippen LogP contribution is 2.12. The Kier molecular flexibility index (Phi) is 10.8. The molecule has 0 spiro atoms. The Morgan fingerprint density at radius 2 is 1.58 bits per heavy atom. The van der Waals surface area contributed by atoms with Crippen LogP contribution in [-0.2, 0) is 13.6 Å². The van der Waals surface area contributed by atoms with Crippen LogP contribution in [0.2, 0.25) is 0 Å². The van der Waals surface area contributed by atoms with Crippen LogP contribution < -0.4 is 5.56 Å². The summed E-state index contributed by atoms with van der Waals surface area (Å²) in [5.74, 6) is 1.05. The third kappa shape index (κ3) is 5.17. The van der Waals surface area contributed by atoms with Crippen LogP contribution in [0.4, 0.5) is 0 Å². The average Bonchev–Trinajstić information content (AvgIpc) is 2.72. The zero-order valence-electron chi connectivity index (χ0n) is 13.7. The lowest BCUT2D eigenvalue weighted by atomic mass is 10.2. The minimum atomic E-state index is 0. The Morgan fingerprint density at radius 1 is 1.04 bits per heavy atom. The summed E-state index contributed by atoms with van der Waals surface area (Å²) in [4.78, 5) is 14.9. The van der Waals surface area contributed by atoms with Crippen LogP contribution in [0.15, 0.2) is 35.1 Å². The number of rotatable bonds is 7. The van der Waals surface area contributed by atoms with Crippen LogP contribution in [0, 0.1) is 6.92 Å². The summed E-state index contributed by atoms with van der Waals surface area (Å²) in [7, 11) is 1.90. The first-order valence-electron chi connectivity index (χ1n) is 7.27. The molecule has 0 aliphatic carbocycles. The highest BCUT2D eigenvalue weighted by atomic mass is 35.5. The van der Waals surface area contributed by atoms with Crippen LogP contribution in [-0.4, -0.2) is 39.1 Å². The summed E-state index contributed by atoms with van der Waals surface area (Å²) in [6.45, 7) is 3.97. The van der Waals surface area contributed by atoms with E-state index in [-0.39, 0.29) is 30.4 Å². The highest BCUT2D eigenvalue weighted by molar-refractivity contribution is 6.18. The molecule has 0 saturated heterocycles. The fourth-order valence-electron chi connectivity index (χ4n) is 2.54. The molecule has 0 atom stereocenters. The van der Waals surface area contributed by atoms with Gasteiger partial charge in [0.15, 0.2) is 0 Å². The minimum absolute atomic E-state index is 0. The molecule has 8 heteroatoms. The molecule has 24 heavy (non-hydrogen) atoms. The Hall–Kier alpha value is -0.650. The summed E-state index contributed by atoms with van der Waals surface area (Å²) in [5.41, 5.74) is 2.63. The van der Waals surface area contributed by atoms with Gasteiger partial charge in [0.25, 0.3) is 5.56 Å². The molecule has 2 aromatic rings. The fourth-order valence-corrected chi connectivity index (χ4v) is 3.02. The third-order valence-corrected chi connectivity index (χ3v) is 4.19. The maximum atomic E-state index is 12.8. The number of halogens is 4. The molecule has 0 aliphatic heterocycles. The average molecular weight is 415 g/mol. The molecule has 0 aliphatic rings. The monoisotopic (exact) mass is 413 g/mol. The Balaban J connectivity index is 0.00000264. The van der Waals surface area contributed by atoms with Crippen molar-refractivity contribution >= 4 is 48.0 Å². The molecule has 4 nitrogen and oxygen atoms in total. The molecular formula is C16H23Cl4N3O. The van der Waals surface area contributed by atoms with Gasteiger partial charge in [0.05, 0.1) is 11.3 Å². The second-order valence-electron chi connectivity index (χ2n) is 5.19. The smallest absolute Gasteiger partial charge is 0.276 e. The lowest BCUT2D eigenvalue weighted by molar-refractivity contribution is 0.298. The normalized spacial score (nSPS) is 10.4. The zero-order chi connectivity index (χ0) is 16.1. The van der Waals surface area contributed by atoms with Gasteiger partial charge < -0.3 is 0 Å². The van der Waals surface area contributed by atoms with Crippen LogP contribution in [0.5, 0.6) is 0 Å². The molecule has 1 heterocycles. The van der Waals surface area contributed by atoms with E-state index in [0.29, 0.717) is 31.4 Å². The molecule has 1 aromatic heterocycles. The topological polar surface area (TPSA) is 30.2 Å². The Labute approximate surface area is 165 Å². The second-order valence-corrected chi connectivity index (χ2v) is 5.95. The lowest BCUT2D eigenvalue weighted by Crippen LogP contribution is -2.30. The molecule has 0 fully saturated rings. The summed E-state index contributed by atoms with van der Waals surface area (Å²) in [5, 5.41) is 0. The van der Waals surface area contributed by atoms with Crippen LogP contribution in [0.3, 0.4) is 0 Å². The quantitative estimate of drug-likeness (QED) is 0.647. The standard InChI is InChI=1S/C16H21Cl2N3O.2ClH/c1-13-15(12-20(10-8-17)11-9-18)16(22)21(19(13)2)14-6-4-3-5-7-14;;/h3-7H,8-12H2,1-2H3;2*1H. The predicted octanol–water partition coefficient (Wildman–Crippen LogP) is 3.61. The third-order valence-electron chi connectivity index (χ3n) is 3.86. The van der Waals surface area contributed by atoms with E-state index in [0.717, 1.165) is 16.9 Å². The lowest BCUT2D eigenvalue weighted by Gasteiger charge is -2.19. The van der Waals surface area contributed by atoms with Gasteiger partial charge in [-0.3, -0.25) is 14.4 Å². The van der Waals surface area contributed by atoms with E-state index >= 15 is 0 Å². The largest absolute Gasteiger partial charge is 0.296 e. The predicted molar refractivity (Wildman–Crippen MR) is 107 cm³/mol. The maximum absolute atomic E-state index is 12.8. The molecule has 2 rings (SSSR count). The van der Waals surface area contributed by atoms with E-state index in [4.69, 9.17) is 23.2 Å². The van der Waals surface area contributed by atoms with E-state index in [2.05, 4.69) is 4.90 Å². The number of para-hydroxylation sites is 1. The molecule has 0 radical (unpaired) electrons. The molecule has 1 aromatic carbocycles. The van der Waals surface area contributed by atoms with Crippen molar-refractivity contribution in [2.75, 3.05) is 24.8 Å². The summed E-state index contributed by atoms with van der Waals surface area (Å²) < 4.78 is 3.59. The summed E-state index contributed by atoms with van der Waals surface area (Å²) in [6, 6.07) is 9.65. The Bertz CT molecular complexity index is 664. The van der Waals surface area contributed by atoms with Crippen molar-refractivity contribution in [3.63, 3.8) is 0 Å². The first-order valence-corrected chi connectivity index (χ1v) is 8.34. The number of nitrogens with zero attached hydrogens (tertiary/aromatic N) is 3. The molecule has 136 valence electrons. The van der Waals surface area contributed by atoms with Crippen molar-refractivity contribution in [1.82, 2.24) is 14.3 Å². The van der Waals surface area contributed by atoms with Gasteiger partial charge in [0.2, 0.25) is 0 Å². The van der Waals surface area contributed by atoms with Gasteiger partial charge in [-0.15, -0.1) is 48.0 Å². The number of hydrogen-bond acceptors (Lipinski definition) is 2. The van der Waals surface area contributed by atoms with Gasteiger partial charge in [-0.1, -0.05) is 18.2 Å². The van der Waals surface area contributed by atoms with Gasteiger partial charge in [-0.2, -0.15) is 0 Å². The van der Waals surface area contributed by atoms with E-state index in [1.807, 2.05) is 49.0 Å². The SMILES string of the molecule is Cc1c(CN(CCCl)CCCl)c(=O)n(-c2ccccc2)n1C.Cl.Cl. The number of hydrogen-bond donors (Lipinski definition) is 0. The van der Waals surface area contributed by atoms with Gasteiger partial charge >= 0.3 is 0 Å². The van der Waals surface area contributed by atoms with Gasteiger partial charge in [-0.05, 0) is 19.1 Å². The van der Waals surface area contributed by atoms with Crippen LogP contribution >= 0.6 is 48.0 Å². The van der Waals surface area contributed by atoms with Gasteiger partial charge in [-0.25, -0.2) is 4.68 Å². The molecular weight excluding hydrogens is 392 g/mol. The summed E-state index contributed by atoms with van der Waals surface area (Å²) in [6.07, 6.45) is 0. The first-order chi connectivity index (χ1) is 10.6.